The van der Waals surface area contributed by atoms with Crippen LogP contribution >= 0.6 is 0 Å². The molecule has 0 amide bonds. The molecule has 0 bridgehead atoms. The predicted octanol–water partition coefficient (Wildman–Crippen LogP) is 11.7. The fourth-order valence-electron chi connectivity index (χ4n) is 6.66. The molecule has 1 radical (unpaired) electrons. The number of hydrogen-bond donors (Lipinski definition) is 0. The Morgan fingerprint density at radius 3 is 1.78 bits per heavy atom. The second kappa shape index (κ2) is 13.9. The van der Waals surface area contributed by atoms with Crippen LogP contribution in [0.2, 0.25) is 0 Å². The zero-order chi connectivity index (χ0) is 35.2. The van der Waals surface area contributed by atoms with Crippen molar-refractivity contribution >= 4 is 0 Å². The Labute approximate surface area is 313 Å². The minimum Gasteiger partial charge on any atom is -0.305 e. The first kappa shape index (κ1) is 37.2. The smallest absolute Gasteiger partial charge is 0.0575 e. The summed E-state index contributed by atoms with van der Waals surface area (Å²) in [5, 5.41) is 4.93. The molecule has 0 atom stereocenters. The molecular weight excluding hydrogens is 787 g/mol. The zero-order valence-electron chi connectivity index (χ0n) is 31.1. The van der Waals surface area contributed by atoms with Crippen LogP contribution in [0.3, 0.4) is 0 Å². The van der Waals surface area contributed by atoms with Gasteiger partial charge in [0.25, 0.3) is 0 Å². The van der Waals surface area contributed by atoms with E-state index in [2.05, 4.69) is 152 Å². The predicted molar refractivity (Wildman–Crippen MR) is 205 cm³/mol. The van der Waals surface area contributed by atoms with Crippen molar-refractivity contribution in [1.29, 1.82) is 0 Å². The monoisotopic (exact) mass is 836 g/mol. The maximum atomic E-state index is 4.93. The summed E-state index contributed by atoms with van der Waals surface area (Å²) in [6.07, 6.45) is 3.83. The zero-order valence-corrected chi connectivity index (χ0v) is 33.5. The number of benzene rings is 4. The van der Waals surface area contributed by atoms with Crippen LogP contribution in [-0.4, -0.2) is 14.8 Å². The molecule has 1 aliphatic heterocycles. The normalized spacial score (nSPS) is 14.4. The first-order valence-corrected chi connectivity index (χ1v) is 17.3. The van der Waals surface area contributed by atoms with Crippen molar-refractivity contribution in [2.45, 2.75) is 90.9 Å². The van der Waals surface area contributed by atoms with Crippen molar-refractivity contribution in [1.82, 2.24) is 14.8 Å². The van der Waals surface area contributed by atoms with Crippen molar-refractivity contribution in [2.75, 3.05) is 0 Å². The van der Waals surface area contributed by atoms with Crippen molar-refractivity contribution in [3.8, 4) is 39.2 Å². The minimum absolute atomic E-state index is 0. The van der Waals surface area contributed by atoms with Gasteiger partial charge in [0.1, 0.15) is 0 Å². The molecule has 0 N–H and O–H groups in total. The number of nitrogens with zero attached hydrogens (tertiary/aromatic N) is 3. The molecule has 2 aromatic heterocycles. The molecule has 50 heavy (non-hydrogen) atoms. The van der Waals surface area contributed by atoms with E-state index < -0.39 is 0 Å². The summed E-state index contributed by atoms with van der Waals surface area (Å²) in [5.41, 5.74) is 13.2. The van der Waals surface area contributed by atoms with Gasteiger partial charge in [0.2, 0.25) is 0 Å². The SMILES string of the molecule is CC(C)(C)c1ccc(-c2c[c-]c3c(c2)C(C)(C)C(C)(C)c2c(-c4ccc(C(C)(C)C)cc4)cnn2-3)cc1.[Ir].[c-]1ccccc1-c1ccccn1. The van der Waals surface area contributed by atoms with Gasteiger partial charge >= 0.3 is 0 Å². The van der Waals surface area contributed by atoms with Gasteiger partial charge < -0.3 is 4.98 Å². The number of rotatable bonds is 3. The summed E-state index contributed by atoms with van der Waals surface area (Å²) in [6.45, 7) is 23.0. The van der Waals surface area contributed by atoms with Crippen molar-refractivity contribution in [3.63, 3.8) is 0 Å². The Hall–Kier alpha value is -4.11. The Morgan fingerprint density at radius 1 is 0.640 bits per heavy atom. The number of aromatic nitrogens is 3. The molecule has 259 valence electrons. The van der Waals surface area contributed by atoms with Gasteiger partial charge in [0, 0.05) is 37.3 Å². The van der Waals surface area contributed by atoms with Crippen LogP contribution in [0.5, 0.6) is 0 Å². The second-order valence-electron chi connectivity index (χ2n) is 16.4. The fourth-order valence-corrected chi connectivity index (χ4v) is 6.66. The fraction of sp³-hybridized carbons (Fsp3) is 0.304. The topological polar surface area (TPSA) is 30.7 Å². The summed E-state index contributed by atoms with van der Waals surface area (Å²) in [5.74, 6) is 0. The van der Waals surface area contributed by atoms with E-state index >= 15 is 0 Å². The van der Waals surface area contributed by atoms with E-state index in [4.69, 9.17) is 5.10 Å². The maximum Gasteiger partial charge on any atom is 0.0575 e. The summed E-state index contributed by atoms with van der Waals surface area (Å²) in [4.78, 5) is 4.22. The molecular formula is C46H49IrN3-2. The largest absolute Gasteiger partial charge is 0.305 e. The van der Waals surface area contributed by atoms with Crippen LogP contribution in [-0.2, 0) is 41.8 Å². The molecule has 0 unspecified atom stereocenters. The molecule has 6 aromatic rings. The van der Waals surface area contributed by atoms with Crippen LogP contribution in [0.4, 0.5) is 0 Å². The van der Waals surface area contributed by atoms with E-state index in [9.17, 15) is 0 Å². The van der Waals surface area contributed by atoms with Crippen LogP contribution in [0.1, 0.15) is 91.6 Å². The van der Waals surface area contributed by atoms with Crippen LogP contribution in [0.15, 0.2) is 116 Å². The molecule has 7 rings (SSSR count). The van der Waals surface area contributed by atoms with Crippen LogP contribution in [0, 0.1) is 12.1 Å². The van der Waals surface area contributed by atoms with Gasteiger partial charge in [-0.3, -0.25) is 4.68 Å². The molecule has 0 aliphatic carbocycles. The summed E-state index contributed by atoms with van der Waals surface area (Å²) in [7, 11) is 0. The molecule has 0 saturated carbocycles. The van der Waals surface area contributed by atoms with E-state index in [1.165, 1.54) is 44.6 Å². The van der Waals surface area contributed by atoms with Crippen LogP contribution < -0.4 is 0 Å². The molecule has 1 aliphatic rings. The van der Waals surface area contributed by atoms with Gasteiger partial charge in [-0.1, -0.05) is 135 Å². The third-order valence-electron chi connectivity index (χ3n) is 10.5. The van der Waals surface area contributed by atoms with E-state index in [1.54, 1.807) is 6.20 Å². The maximum absolute atomic E-state index is 4.93. The van der Waals surface area contributed by atoms with Gasteiger partial charge in [-0.25, -0.2) is 0 Å². The first-order valence-electron chi connectivity index (χ1n) is 17.3. The Balaban J connectivity index is 0.000000315. The van der Waals surface area contributed by atoms with Crippen molar-refractivity contribution in [3.05, 3.63) is 150 Å². The van der Waals surface area contributed by atoms with Gasteiger partial charge in [-0.2, -0.15) is 23.3 Å². The standard InChI is InChI=1S/C35H41N2.C11H8N.Ir/c1-32(2,3)26-16-11-23(12-17-26)25-15-20-30-29(21-25)34(7,8)35(9,10)31-28(22-36-37(30)31)24-13-18-27(19-14-24)33(4,5)6;1-2-6-10(7-3-1)11-8-4-5-9-12-11;/h11-19,21-22H,1-10H3;1-6,8-9H;/q2*-1;. The van der Waals surface area contributed by atoms with Gasteiger partial charge in [-0.15, -0.1) is 47.0 Å². The summed E-state index contributed by atoms with van der Waals surface area (Å²) >= 11 is 0. The van der Waals surface area contributed by atoms with E-state index in [-0.39, 0.29) is 41.8 Å². The molecule has 3 heterocycles. The average molecular weight is 836 g/mol. The second-order valence-corrected chi connectivity index (χ2v) is 16.4. The van der Waals surface area contributed by atoms with Crippen molar-refractivity contribution < 1.29 is 20.1 Å². The van der Waals surface area contributed by atoms with E-state index in [1.807, 2.05) is 48.7 Å². The third-order valence-corrected chi connectivity index (χ3v) is 10.5. The van der Waals surface area contributed by atoms with Gasteiger partial charge in [-0.05, 0) is 50.4 Å². The van der Waals surface area contributed by atoms with Crippen molar-refractivity contribution in [2.24, 2.45) is 0 Å². The quantitative estimate of drug-likeness (QED) is 0.166. The number of fused-ring (bicyclic) bond motifs is 3. The van der Waals surface area contributed by atoms with Crippen LogP contribution in [0.25, 0.3) is 39.2 Å². The summed E-state index contributed by atoms with van der Waals surface area (Å²) < 4.78 is 2.14. The number of pyridine rings is 1. The molecule has 0 spiro atoms. The van der Waals surface area contributed by atoms with Gasteiger partial charge in [0.15, 0.2) is 0 Å². The Kier molecular flexibility index (Phi) is 10.3. The molecule has 0 saturated heterocycles. The average Bonchev–Trinajstić information content (AvgIpc) is 3.54. The Bertz CT molecular complexity index is 2000. The first-order chi connectivity index (χ1) is 23.1. The molecule has 3 nitrogen and oxygen atoms in total. The molecule has 4 aromatic carbocycles. The Morgan fingerprint density at radius 2 is 1.24 bits per heavy atom. The van der Waals surface area contributed by atoms with E-state index in [0.29, 0.717) is 0 Å². The third kappa shape index (κ3) is 7.07. The number of hydrogen-bond acceptors (Lipinski definition) is 2. The minimum atomic E-state index is -0.142. The van der Waals surface area contributed by atoms with Gasteiger partial charge in [0.05, 0.1) is 11.9 Å². The van der Waals surface area contributed by atoms with E-state index in [0.717, 1.165) is 16.9 Å². The summed E-state index contributed by atoms with van der Waals surface area (Å²) in [6, 6.07) is 43.0. The molecule has 4 heteroatoms. The molecule has 0 fully saturated rings.